The number of aromatic nitrogens is 1. The van der Waals surface area contributed by atoms with Crippen molar-refractivity contribution in [2.75, 3.05) is 0 Å². The molecule has 1 aromatic heterocycles. The highest BCUT2D eigenvalue weighted by Crippen LogP contribution is 2.29. The van der Waals surface area contributed by atoms with Gasteiger partial charge in [0.05, 0.1) is 25.8 Å². The monoisotopic (exact) mass is 313 g/mol. The number of fused-ring (bicyclic) bond motifs is 1. The zero-order chi connectivity index (χ0) is 15.7. The second-order valence-electron chi connectivity index (χ2n) is 4.62. The number of nitro benzene ring substituents is 1. The van der Waals surface area contributed by atoms with E-state index in [9.17, 15) is 15.2 Å². The van der Waals surface area contributed by atoms with Gasteiger partial charge in [-0.05, 0) is 31.2 Å². The first kappa shape index (κ1) is 14.2. The number of aliphatic imine (C=N–C) groups is 1. The molecule has 0 atom stereocenters. The predicted octanol–water partition coefficient (Wildman–Crippen LogP) is 3.97. The number of hydrogen-bond donors (Lipinski definition) is 1. The molecule has 0 fully saturated rings. The fourth-order valence-corrected chi connectivity index (χ4v) is 2.91. The van der Waals surface area contributed by atoms with Crippen LogP contribution in [0.15, 0.2) is 41.4 Å². The number of nitrogens with zero attached hydrogens (tertiary/aromatic N) is 3. The third-order valence-electron chi connectivity index (χ3n) is 3.07. The third kappa shape index (κ3) is 2.66. The Bertz CT molecular complexity index is 902. The van der Waals surface area contributed by atoms with Crippen molar-refractivity contribution in [3.05, 3.63) is 57.1 Å². The largest absolute Gasteiger partial charge is 0.502 e. The molecule has 0 unspecified atom stereocenters. The van der Waals surface area contributed by atoms with E-state index >= 15 is 0 Å². The Morgan fingerprint density at radius 1 is 1.36 bits per heavy atom. The van der Waals surface area contributed by atoms with Crippen LogP contribution in [0.25, 0.3) is 10.2 Å². The Labute approximate surface area is 129 Å². The molecular formula is C15H11N3O3S. The number of aromatic hydroxyl groups is 1. The minimum absolute atomic E-state index is 0.301. The minimum Gasteiger partial charge on any atom is -0.502 e. The summed E-state index contributed by atoms with van der Waals surface area (Å²) in [6, 6.07) is 9.91. The van der Waals surface area contributed by atoms with Crippen molar-refractivity contribution >= 4 is 39.1 Å². The van der Waals surface area contributed by atoms with Crippen LogP contribution in [-0.2, 0) is 0 Å². The molecule has 7 heteroatoms. The van der Waals surface area contributed by atoms with Crippen molar-refractivity contribution in [2.24, 2.45) is 4.99 Å². The first-order valence-corrected chi connectivity index (χ1v) is 7.24. The molecule has 0 aliphatic heterocycles. The van der Waals surface area contributed by atoms with Gasteiger partial charge in [-0.15, -0.1) is 11.3 Å². The molecule has 0 spiro atoms. The van der Waals surface area contributed by atoms with Crippen LogP contribution in [0.3, 0.4) is 0 Å². The molecule has 0 radical (unpaired) electrons. The smallest absolute Gasteiger partial charge is 0.311 e. The molecule has 0 bridgehead atoms. The summed E-state index contributed by atoms with van der Waals surface area (Å²) >= 11 is 1.57. The second kappa shape index (κ2) is 5.53. The topological polar surface area (TPSA) is 88.6 Å². The Kier molecular flexibility index (Phi) is 3.56. The molecule has 110 valence electrons. The standard InChI is InChI=1S/C15H11N3O3S/c1-9-17-12-6-5-11(7-14(12)22-9)16-8-10-3-2-4-13(15(10)19)18(20)21/h2-8,19H,1H3. The van der Waals surface area contributed by atoms with Gasteiger partial charge in [-0.3, -0.25) is 15.1 Å². The number of aryl methyl sites for hydroxylation is 1. The number of benzene rings is 2. The maximum absolute atomic E-state index is 10.8. The van der Waals surface area contributed by atoms with Crippen molar-refractivity contribution in [1.29, 1.82) is 0 Å². The number of para-hydroxylation sites is 1. The van der Waals surface area contributed by atoms with Crippen LogP contribution < -0.4 is 0 Å². The fourth-order valence-electron chi connectivity index (χ4n) is 2.05. The molecular weight excluding hydrogens is 302 g/mol. The Hall–Kier alpha value is -2.80. The summed E-state index contributed by atoms with van der Waals surface area (Å²) in [5.74, 6) is -0.383. The molecule has 1 N–H and O–H groups in total. The first-order chi connectivity index (χ1) is 10.5. The maximum atomic E-state index is 10.8. The molecule has 0 aliphatic carbocycles. The van der Waals surface area contributed by atoms with Gasteiger partial charge in [0.25, 0.3) is 0 Å². The highest BCUT2D eigenvalue weighted by Gasteiger charge is 2.14. The molecule has 22 heavy (non-hydrogen) atoms. The van der Waals surface area contributed by atoms with Gasteiger partial charge in [-0.25, -0.2) is 4.98 Å². The normalized spacial score (nSPS) is 11.3. The lowest BCUT2D eigenvalue weighted by atomic mass is 10.2. The first-order valence-electron chi connectivity index (χ1n) is 6.42. The van der Waals surface area contributed by atoms with Crippen LogP contribution in [0.5, 0.6) is 5.75 Å². The van der Waals surface area contributed by atoms with Crippen molar-refractivity contribution < 1.29 is 10.0 Å². The fraction of sp³-hybridized carbons (Fsp3) is 0.0667. The summed E-state index contributed by atoms with van der Waals surface area (Å²) in [5, 5.41) is 21.6. The van der Waals surface area contributed by atoms with E-state index in [2.05, 4.69) is 9.98 Å². The zero-order valence-corrected chi connectivity index (χ0v) is 12.4. The molecule has 3 aromatic rings. The van der Waals surface area contributed by atoms with E-state index in [0.29, 0.717) is 11.3 Å². The predicted molar refractivity (Wildman–Crippen MR) is 86.4 cm³/mol. The van der Waals surface area contributed by atoms with E-state index in [1.54, 1.807) is 17.4 Å². The van der Waals surface area contributed by atoms with Gasteiger partial charge >= 0.3 is 5.69 Å². The number of rotatable bonds is 3. The van der Waals surface area contributed by atoms with Gasteiger partial charge in [0.1, 0.15) is 0 Å². The molecule has 0 amide bonds. The van der Waals surface area contributed by atoms with Gasteiger partial charge < -0.3 is 5.11 Å². The second-order valence-corrected chi connectivity index (χ2v) is 5.85. The van der Waals surface area contributed by atoms with Crippen LogP contribution in [0.4, 0.5) is 11.4 Å². The van der Waals surface area contributed by atoms with Crippen LogP contribution in [-0.4, -0.2) is 21.2 Å². The molecule has 6 nitrogen and oxygen atoms in total. The molecule has 0 saturated carbocycles. The molecule has 0 aliphatic rings. The summed E-state index contributed by atoms with van der Waals surface area (Å²) in [6.07, 6.45) is 1.41. The molecule has 3 rings (SSSR count). The van der Waals surface area contributed by atoms with Crippen LogP contribution in [0.2, 0.25) is 0 Å². The van der Waals surface area contributed by atoms with Gasteiger partial charge in [0, 0.05) is 17.8 Å². The van der Waals surface area contributed by atoms with Crippen molar-refractivity contribution in [2.45, 2.75) is 6.92 Å². The Morgan fingerprint density at radius 3 is 2.95 bits per heavy atom. The highest BCUT2D eigenvalue weighted by atomic mass is 32.1. The van der Waals surface area contributed by atoms with Crippen LogP contribution >= 0.6 is 11.3 Å². The van der Waals surface area contributed by atoms with Crippen molar-refractivity contribution in [3.63, 3.8) is 0 Å². The van der Waals surface area contributed by atoms with Crippen molar-refractivity contribution in [3.8, 4) is 5.75 Å². The quantitative estimate of drug-likeness (QED) is 0.450. The van der Waals surface area contributed by atoms with Crippen LogP contribution in [0.1, 0.15) is 10.6 Å². The minimum atomic E-state index is -0.626. The third-order valence-corrected chi connectivity index (χ3v) is 4.01. The average Bonchev–Trinajstić information content (AvgIpc) is 2.85. The number of nitro groups is 1. The lowest BCUT2D eigenvalue weighted by Gasteiger charge is -1.99. The van der Waals surface area contributed by atoms with E-state index in [-0.39, 0.29) is 11.4 Å². The van der Waals surface area contributed by atoms with Gasteiger partial charge in [0.15, 0.2) is 0 Å². The number of thiazole rings is 1. The van der Waals surface area contributed by atoms with Crippen LogP contribution in [0, 0.1) is 17.0 Å². The van der Waals surface area contributed by atoms with E-state index in [0.717, 1.165) is 15.2 Å². The summed E-state index contributed by atoms with van der Waals surface area (Å²) in [5.41, 5.74) is 1.58. The van der Waals surface area contributed by atoms with Gasteiger partial charge in [0.2, 0.25) is 5.75 Å². The summed E-state index contributed by atoms with van der Waals surface area (Å²) in [7, 11) is 0. The zero-order valence-electron chi connectivity index (χ0n) is 11.6. The summed E-state index contributed by atoms with van der Waals surface area (Å²) < 4.78 is 1.02. The maximum Gasteiger partial charge on any atom is 0.311 e. The molecule has 1 heterocycles. The highest BCUT2D eigenvalue weighted by molar-refractivity contribution is 7.18. The summed E-state index contributed by atoms with van der Waals surface area (Å²) in [4.78, 5) is 18.8. The van der Waals surface area contributed by atoms with E-state index in [1.807, 2.05) is 25.1 Å². The Morgan fingerprint density at radius 2 is 2.18 bits per heavy atom. The lowest BCUT2D eigenvalue weighted by molar-refractivity contribution is -0.385. The van der Waals surface area contributed by atoms with E-state index in [4.69, 9.17) is 0 Å². The average molecular weight is 313 g/mol. The van der Waals surface area contributed by atoms with Gasteiger partial charge in [-0.2, -0.15) is 0 Å². The number of phenolic OH excluding ortho intramolecular Hbond substituents is 1. The molecule has 2 aromatic carbocycles. The SMILES string of the molecule is Cc1nc2ccc(N=Cc3cccc([N+](=O)[O-])c3O)cc2s1. The number of phenols is 1. The van der Waals surface area contributed by atoms with Crippen molar-refractivity contribution in [1.82, 2.24) is 4.98 Å². The molecule has 0 saturated heterocycles. The Balaban J connectivity index is 1.95. The number of hydrogen-bond acceptors (Lipinski definition) is 6. The van der Waals surface area contributed by atoms with E-state index in [1.165, 1.54) is 18.3 Å². The summed E-state index contributed by atoms with van der Waals surface area (Å²) in [6.45, 7) is 1.94. The van der Waals surface area contributed by atoms with E-state index < -0.39 is 4.92 Å². The van der Waals surface area contributed by atoms with Gasteiger partial charge in [-0.1, -0.05) is 6.07 Å². The lowest BCUT2D eigenvalue weighted by Crippen LogP contribution is -1.91.